The summed E-state index contributed by atoms with van der Waals surface area (Å²) in [6, 6.07) is 31.2. The van der Waals surface area contributed by atoms with Gasteiger partial charge in [0.2, 0.25) is 0 Å². The Hall–Kier alpha value is -5.04. The van der Waals surface area contributed by atoms with E-state index in [9.17, 15) is 4.79 Å². The molecule has 0 fully saturated rings. The first kappa shape index (κ1) is 46.4. The number of aldehydes is 1. The van der Waals surface area contributed by atoms with Crippen molar-refractivity contribution in [3.8, 4) is 11.4 Å². The van der Waals surface area contributed by atoms with E-state index in [1.807, 2.05) is 67.6 Å². The Labute approximate surface area is 296 Å². The van der Waals surface area contributed by atoms with E-state index < -0.39 is 10.6 Å². The zero-order valence-electron chi connectivity index (χ0n) is 27.2. The number of nitrogens with one attached hydrogen (secondary N) is 1. The minimum absolute atomic E-state index is 0. The molecule has 6 N–H and O–H groups in total. The van der Waals surface area contributed by atoms with Crippen LogP contribution in [-0.4, -0.2) is 52.9 Å². The Morgan fingerprint density at radius 3 is 1.49 bits per heavy atom. The van der Waals surface area contributed by atoms with Gasteiger partial charge in [-0.05, 0) is 45.0 Å². The Bertz CT molecular complexity index is 1690. The number of imidazole rings is 1. The first-order valence-electron chi connectivity index (χ1n) is 12.9. The number of rotatable bonds is 2. The number of carbonyl (C=O) groups is 1. The van der Waals surface area contributed by atoms with Crippen LogP contribution in [0.3, 0.4) is 0 Å². The maximum Gasteiger partial charge on any atom is 1.00 e. The SMILES string of the molecule is CCO.Cc1ccc(-c2nc3ccccc3[nH]2)cc1.Cc1ccc(C=O)cc1.Nc1ccccc1N.O=C=O.O=C=O.O=S(=O)=O.[H-].[Na+]. The van der Waals surface area contributed by atoms with Crippen LogP contribution >= 0.6 is 0 Å². The van der Waals surface area contributed by atoms with Crippen LogP contribution < -0.4 is 41.0 Å². The largest absolute Gasteiger partial charge is 1.00 e. The Balaban J connectivity index is -0.000000263. The van der Waals surface area contributed by atoms with Crippen molar-refractivity contribution >= 4 is 51.6 Å². The molecule has 0 aliphatic heterocycles. The summed E-state index contributed by atoms with van der Waals surface area (Å²) in [5.41, 5.74) is 18.5. The summed E-state index contributed by atoms with van der Waals surface area (Å²) in [4.78, 5) is 50.5. The molecular formula is C32H35N4NaO9S. The normalized spacial score (nSPS) is 8.17. The van der Waals surface area contributed by atoms with Gasteiger partial charge < -0.3 is 23.0 Å². The number of nitrogens with zero attached hydrogens (tertiary/aromatic N) is 1. The van der Waals surface area contributed by atoms with E-state index in [1.165, 1.54) is 11.1 Å². The summed E-state index contributed by atoms with van der Waals surface area (Å²) in [7, 11) is -3.11. The Kier molecular flexibility index (Phi) is 29.3. The molecule has 0 aliphatic rings. The number of para-hydroxylation sites is 4. The molecule has 13 nitrogen and oxygen atoms in total. The number of aliphatic hydroxyl groups is 1. The predicted molar refractivity (Wildman–Crippen MR) is 172 cm³/mol. The standard InChI is InChI=1S/C14H12N2.C8H8O.C6H8N2.C2H6O.2CO2.Na.O3S.H/c1-10-6-8-11(9-7-10)14-15-12-4-2-3-5-13(12)16-14;1-7-2-4-8(6-9)5-3-7;7-5-3-1-2-4-6(5)8;1-2-3;2*2-1-3;;1-4(2)3;/h2-9H,1H3,(H,15,16);2-6H,1H3;1-4H,7-8H2;3H,2H2,1H3;;;;;/q;;;;;;+1;;-1. The number of hydrogen-bond acceptors (Lipinski definition) is 12. The number of H-pyrrole nitrogens is 1. The van der Waals surface area contributed by atoms with E-state index in [0.717, 1.165) is 34.3 Å². The van der Waals surface area contributed by atoms with Gasteiger partial charge in [-0.3, -0.25) is 4.79 Å². The summed E-state index contributed by atoms with van der Waals surface area (Å²) in [6.45, 7) is 6.01. The van der Waals surface area contributed by atoms with Gasteiger partial charge in [0.15, 0.2) is 0 Å². The monoisotopic (exact) mass is 674 g/mol. The third-order valence-electron chi connectivity index (χ3n) is 4.92. The van der Waals surface area contributed by atoms with Gasteiger partial charge in [0.1, 0.15) is 12.1 Å². The van der Waals surface area contributed by atoms with Crippen LogP contribution in [0.15, 0.2) is 97.1 Å². The van der Waals surface area contributed by atoms with E-state index in [-0.39, 0.29) is 49.9 Å². The molecule has 5 rings (SSSR count). The fourth-order valence-electron chi connectivity index (χ4n) is 2.96. The van der Waals surface area contributed by atoms with Crippen LogP contribution in [0.1, 0.15) is 29.8 Å². The van der Waals surface area contributed by atoms with Crippen LogP contribution in [0, 0.1) is 13.8 Å². The third-order valence-corrected chi connectivity index (χ3v) is 4.92. The molecule has 5 aromatic rings. The van der Waals surface area contributed by atoms with Gasteiger partial charge in [0.25, 0.3) is 0 Å². The molecule has 15 heteroatoms. The van der Waals surface area contributed by atoms with Gasteiger partial charge in [-0.1, -0.05) is 83.9 Å². The molecule has 0 radical (unpaired) electrons. The van der Waals surface area contributed by atoms with Crippen molar-refractivity contribution in [1.82, 2.24) is 9.97 Å². The molecule has 0 unspecified atom stereocenters. The number of carbonyl (C=O) groups excluding carboxylic acids is 5. The number of aromatic amines is 1. The van der Waals surface area contributed by atoms with E-state index in [0.29, 0.717) is 11.4 Å². The summed E-state index contributed by atoms with van der Waals surface area (Å²) < 4.78 is 25.3. The average Bonchev–Trinajstić information content (AvgIpc) is 3.46. The second-order valence-corrected chi connectivity index (χ2v) is 8.72. The van der Waals surface area contributed by atoms with Crippen LogP contribution in [0.4, 0.5) is 11.4 Å². The van der Waals surface area contributed by atoms with Crippen molar-refractivity contribution in [1.29, 1.82) is 0 Å². The number of benzene rings is 4. The number of nitrogen functional groups attached to an aromatic ring is 2. The van der Waals surface area contributed by atoms with E-state index in [4.69, 9.17) is 48.4 Å². The number of aryl methyl sites for hydroxylation is 2. The molecule has 1 aromatic heterocycles. The number of aromatic nitrogens is 2. The molecule has 0 spiro atoms. The van der Waals surface area contributed by atoms with Crippen molar-refractivity contribution in [2.45, 2.75) is 20.8 Å². The average molecular weight is 675 g/mol. The van der Waals surface area contributed by atoms with Gasteiger partial charge in [0, 0.05) is 17.7 Å². The number of nitrogens with two attached hydrogens (primary N) is 2. The van der Waals surface area contributed by atoms with Crippen LogP contribution in [0.5, 0.6) is 0 Å². The molecule has 0 atom stereocenters. The van der Waals surface area contributed by atoms with Gasteiger partial charge in [-0.15, -0.1) is 12.6 Å². The Morgan fingerprint density at radius 1 is 0.766 bits per heavy atom. The second-order valence-electron chi connectivity index (χ2n) is 8.31. The van der Waals surface area contributed by atoms with Gasteiger partial charge >= 0.3 is 52.5 Å². The smallest absolute Gasteiger partial charge is 1.00 e. The molecule has 0 amide bonds. The number of anilines is 2. The van der Waals surface area contributed by atoms with E-state index in [1.54, 1.807) is 19.1 Å². The predicted octanol–water partition coefficient (Wildman–Crippen LogP) is 1.14. The van der Waals surface area contributed by atoms with Crippen LogP contribution in [0.2, 0.25) is 0 Å². The number of hydrogen-bond donors (Lipinski definition) is 4. The molecule has 1 heterocycles. The molecular weight excluding hydrogens is 639 g/mol. The maximum absolute atomic E-state index is 10.1. The Morgan fingerprint density at radius 2 is 1.13 bits per heavy atom. The molecule has 0 aliphatic carbocycles. The molecule has 0 saturated heterocycles. The van der Waals surface area contributed by atoms with Crippen molar-refractivity contribution < 1.29 is 72.7 Å². The fourth-order valence-corrected chi connectivity index (χ4v) is 2.96. The topological polar surface area (TPSA) is 238 Å². The molecule has 0 bridgehead atoms. The minimum atomic E-state index is -3.11. The summed E-state index contributed by atoms with van der Waals surface area (Å²) >= 11 is 0. The van der Waals surface area contributed by atoms with Gasteiger partial charge in [-0.25, -0.2) is 4.98 Å². The molecule has 4 aromatic carbocycles. The quantitative estimate of drug-likeness (QED) is 0.117. The fraction of sp³-hybridized carbons (Fsp3) is 0.125. The van der Waals surface area contributed by atoms with Crippen LogP contribution in [0.25, 0.3) is 22.4 Å². The molecule has 0 saturated carbocycles. The van der Waals surface area contributed by atoms with Crippen molar-refractivity contribution in [2.24, 2.45) is 0 Å². The first-order valence-corrected chi connectivity index (χ1v) is 13.9. The number of aliphatic hydroxyl groups excluding tert-OH is 1. The molecule has 244 valence electrons. The van der Waals surface area contributed by atoms with E-state index >= 15 is 0 Å². The third kappa shape index (κ3) is 23.9. The van der Waals surface area contributed by atoms with Gasteiger partial charge in [0.05, 0.1) is 22.4 Å². The minimum Gasteiger partial charge on any atom is -1.00 e. The molecule has 47 heavy (non-hydrogen) atoms. The maximum atomic E-state index is 10.1. The zero-order chi connectivity index (χ0) is 35.3. The van der Waals surface area contributed by atoms with Crippen molar-refractivity contribution in [2.75, 3.05) is 18.1 Å². The summed E-state index contributed by atoms with van der Waals surface area (Å²) in [6.07, 6.45) is 1.35. The van der Waals surface area contributed by atoms with Crippen molar-refractivity contribution in [3.05, 3.63) is 114 Å². The first-order chi connectivity index (χ1) is 21.9. The van der Waals surface area contributed by atoms with Gasteiger partial charge in [-0.2, -0.15) is 19.2 Å². The number of fused-ring (bicyclic) bond motifs is 1. The summed E-state index contributed by atoms with van der Waals surface area (Å²) in [5, 5.41) is 7.57. The summed E-state index contributed by atoms with van der Waals surface area (Å²) in [5.74, 6) is 0.932. The second kappa shape index (κ2) is 29.7. The zero-order valence-corrected chi connectivity index (χ0v) is 29.1. The van der Waals surface area contributed by atoms with E-state index in [2.05, 4.69) is 41.2 Å². The van der Waals surface area contributed by atoms with Crippen LogP contribution in [-0.2, 0) is 29.8 Å². The van der Waals surface area contributed by atoms with Crippen molar-refractivity contribution in [3.63, 3.8) is 0 Å².